The van der Waals surface area contributed by atoms with E-state index in [1.165, 1.54) is 11.1 Å². The lowest BCUT2D eigenvalue weighted by atomic mass is 9.95. The van der Waals surface area contributed by atoms with Gasteiger partial charge in [-0.15, -0.1) is 0 Å². The molecule has 0 radical (unpaired) electrons. The van der Waals surface area contributed by atoms with Crippen LogP contribution in [0.5, 0.6) is 0 Å². The van der Waals surface area contributed by atoms with Crippen molar-refractivity contribution < 1.29 is 4.79 Å². The predicted molar refractivity (Wildman–Crippen MR) is 105 cm³/mol. The number of carbonyl (C=O) groups is 1. The molecule has 0 saturated carbocycles. The van der Waals surface area contributed by atoms with Crippen LogP contribution in [0.2, 0.25) is 0 Å². The number of nitrogens with one attached hydrogen (secondary N) is 1. The maximum absolute atomic E-state index is 12.1. The Balaban J connectivity index is 1.79. The minimum Gasteiger partial charge on any atom is -0.349 e. The third-order valence-corrected chi connectivity index (χ3v) is 4.92. The van der Waals surface area contributed by atoms with Crippen molar-refractivity contribution in [2.45, 2.75) is 25.9 Å². The molecule has 1 unspecified atom stereocenters. The summed E-state index contributed by atoms with van der Waals surface area (Å²) in [7, 11) is 0. The van der Waals surface area contributed by atoms with Crippen LogP contribution >= 0.6 is 0 Å². The molecule has 1 aliphatic heterocycles. The Bertz CT molecular complexity index is 973. The Hall–Kier alpha value is -3.25. The molecule has 1 aliphatic rings. The van der Waals surface area contributed by atoms with Crippen LogP contribution in [0.3, 0.4) is 0 Å². The van der Waals surface area contributed by atoms with E-state index in [0.717, 1.165) is 24.3 Å². The molecule has 0 bridgehead atoms. The van der Waals surface area contributed by atoms with Crippen LogP contribution in [0.4, 0.5) is 5.82 Å². The second-order valence-electron chi connectivity index (χ2n) is 6.72. The van der Waals surface area contributed by atoms with E-state index >= 15 is 0 Å². The monoisotopic (exact) mass is 359 g/mol. The normalized spacial score (nSPS) is 15.9. The summed E-state index contributed by atoms with van der Waals surface area (Å²) in [5.41, 5.74) is 6.40. The lowest BCUT2D eigenvalue weighted by Crippen LogP contribution is -2.39. The van der Waals surface area contributed by atoms with E-state index in [2.05, 4.69) is 51.5 Å². The second-order valence-corrected chi connectivity index (χ2v) is 6.72. The number of carbonyl (C=O) groups excluding carboxylic acids is 1. The van der Waals surface area contributed by atoms with Crippen LogP contribution < -0.4 is 16.2 Å². The first-order valence-corrected chi connectivity index (χ1v) is 8.94. The van der Waals surface area contributed by atoms with E-state index in [4.69, 9.17) is 5.84 Å². The lowest BCUT2D eigenvalue weighted by Gasteiger charge is -2.36. The summed E-state index contributed by atoms with van der Waals surface area (Å²) in [5, 5.41) is 0. The van der Waals surface area contributed by atoms with E-state index in [-0.39, 0.29) is 11.9 Å². The Labute approximate surface area is 158 Å². The highest BCUT2D eigenvalue weighted by atomic mass is 16.2. The first-order valence-electron chi connectivity index (χ1n) is 8.94. The number of anilines is 1. The van der Waals surface area contributed by atoms with Gasteiger partial charge in [-0.25, -0.2) is 15.8 Å². The molecule has 3 aromatic rings. The van der Waals surface area contributed by atoms with Gasteiger partial charge in [0.2, 0.25) is 5.82 Å². The van der Waals surface area contributed by atoms with Crippen LogP contribution in [0.15, 0.2) is 60.7 Å². The van der Waals surface area contributed by atoms with Crippen molar-refractivity contribution in [2.24, 2.45) is 5.84 Å². The summed E-state index contributed by atoms with van der Waals surface area (Å²) in [4.78, 5) is 23.3. The van der Waals surface area contributed by atoms with Gasteiger partial charge in [0, 0.05) is 24.2 Å². The Kier molecular flexibility index (Phi) is 4.56. The van der Waals surface area contributed by atoms with Crippen molar-refractivity contribution in [1.29, 1.82) is 0 Å². The summed E-state index contributed by atoms with van der Waals surface area (Å²) in [6.07, 6.45) is 0.930. The quantitative estimate of drug-likeness (QED) is 0.427. The zero-order chi connectivity index (χ0) is 18.8. The number of hydrogen-bond donors (Lipinski definition) is 2. The molecule has 2 aromatic carbocycles. The van der Waals surface area contributed by atoms with Gasteiger partial charge in [-0.05, 0) is 24.5 Å². The van der Waals surface area contributed by atoms with Gasteiger partial charge in [0.25, 0.3) is 0 Å². The maximum Gasteiger partial charge on any atom is 0.303 e. The maximum atomic E-state index is 12.1. The topological polar surface area (TPSA) is 84.1 Å². The fraction of sp³-hybridized carbons (Fsp3) is 0.190. The SMILES string of the molecule is CC1Cc2ccccc2CN1c1cc(-c2ccccc2)nc(C(=O)NN)n1. The van der Waals surface area contributed by atoms with Gasteiger partial charge in [-0.2, -0.15) is 0 Å². The Morgan fingerprint density at radius 2 is 1.78 bits per heavy atom. The minimum absolute atomic E-state index is 0.0694. The number of rotatable bonds is 3. The van der Waals surface area contributed by atoms with E-state index in [1.807, 2.05) is 36.4 Å². The van der Waals surface area contributed by atoms with Crippen LogP contribution in [0, 0.1) is 0 Å². The average molecular weight is 359 g/mol. The van der Waals surface area contributed by atoms with Gasteiger partial charge in [-0.3, -0.25) is 10.2 Å². The summed E-state index contributed by atoms with van der Waals surface area (Å²) < 4.78 is 0. The van der Waals surface area contributed by atoms with Gasteiger partial charge in [0.05, 0.1) is 5.69 Å². The number of nitrogens with two attached hydrogens (primary N) is 1. The molecule has 27 heavy (non-hydrogen) atoms. The number of hydrazine groups is 1. The number of amides is 1. The number of nitrogen functional groups attached to an aromatic ring is 1. The second kappa shape index (κ2) is 7.17. The Morgan fingerprint density at radius 1 is 1.07 bits per heavy atom. The van der Waals surface area contributed by atoms with Gasteiger partial charge < -0.3 is 4.90 Å². The molecule has 0 saturated heterocycles. The number of nitrogens with zero attached hydrogens (tertiary/aromatic N) is 3. The van der Waals surface area contributed by atoms with Gasteiger partial charge >= 0.3 is 5.91 Å². The molecule has 4 rings (SSSR count). The van der Waals surface area contributed by atoms with Crippen LogP contribution in [-0.4, -0.2) is 21.9 Å². The molecule has 1 aromatic heterocycles. The molecule has 136 valence electrons. The summed E-state index contributed by atoms with van der Waals surface area (Å²) in [6, 6.07) is 20.4. The van der Waals surface area contributed by atoms with Gasteiger partial charge in [0.15, 0.2) is 0 Å². The van der Waals surface area contributed by atoms with E-state index in [1.54, 1.807) is 0 Å². The molecule has 3 N–H and O–H groups in total. The zero-order valence-corrected chi connectivity index (χ0v) is 15.1. The lowest BCUT2D eigenvalue weighted by molar-refractivity contribution is 0.0943. The number of hydrogen-bond acceptors (Lipinski definition) is 5. The molecule has 1 atom stereocenters. The summed E-state index contributed by atoms with van der Waals surface area (Å²) in [6.45, 7) is 2.91. The van der Waals surface area contributed by atoms with Crippen molar-refractivity contribution in [1.82, 2.24) is 15.4 Å². The summed E-state index contributed by atoms with van der Waals surface area (Å²) >= 11 is 0. The molecular formula is C21H21N5O. The largest absolute Gasteiger partial charge is 0.349 e. The van der Waals surface area contributed by atoms with Crippen molar-refractivity contribution in [3.8, 4) is 11.3 Å². The van der Waals surface area contributed by atoms with E-state index in [0.29, 0.717) is 5.69 Å². The summed E-state index contributed by atoms with van der Waals surface area (Å²) in [5.74, 6) is 5.61. The van der Waals surface area contributed by atoms with Crippen molar-refractivity contribution in [3.63, 3.8) is 0 Å². The fourth-order valence-electron chi connectivity index (χ4n) is 3.49. The smallest absolute Gasteiger partial charge is 0.303 e. The molecule has 0 aliphatic carbocycles. The van der Waals surface area contributed by atoms with Gasteiger partial charge in [0.1, 0.15) is 5.82 Å². The Morgan fingerprint density at radius 3 is 2.52 bits per heavy atom. The molecule has 0 fully saturated rings. The molecule has 0 spiro atoms. The van der Waals surface area contributed by atoms with Gasteiger partial charge in [-0.1, -0.05) is 54.6 Å². The standard InChI is InChI=1S/C21H21N5O/c1-14-11-16-9-5-6-10-17(16)13-26(14)19-12-18(15-7-3-2-4-8-15)23-20(24-19)21(27)25-22/h2-10,12,14H,11,13,22H2,1H3,(H,25,27). The van der Waals surface area contributed by atoms with Crippen molar-refractivity contribution in [3.05, 3.63) is 77.6 Å². The van der Waals surface area contributed by atoms with Crippen molar-refractivity contribution >= 4 is 11.7 Å². The van der Waals surface area contributed by atoms with E-state index in [9.17, 15) is 4.79 Å². The number of aromatic nitrogens is 2. The zero-order valence-electron chi connectivity index (χ0n) is 15.1. The third-order valence-electron chi connectivity index (χ3n) is 4.92. The molecule has 2 heterocycles. The highest BCUT2D eigenvalue weighted by Gasteiger charge is 2.25. The fourth-order valence-corrected chi connectivity index (χ4v) is 3.49. The van der Waals surface area contributed by atoms with Crippen LogP contribution in [0.25, 0.3) is 11.3 Å². The van der Waals surface area contributed by atoms with Crippen LogP contribution in [-0.2, 0) is 13.0 Å². The van der Waals surface area contributed by atoms with Crippen molar-refractivity contribution in [2.75, 3.05) is 4.90 Å². The first-order chi connectivity index (χ1) is 13.2. The van der Waals surface area contributed by atoms with Crippen LogP contribution in [0.1, 0.15) is 28.7 Å². The molecule has 1 amide bonds. The number of benzene rings is 2. The third kappa shape index (κ3) is 3.39. The van der Waals surface area contributed by atoms with E-state index < -0.39 is 5.91 Å². The first kappa shape index (κ1) is 17.2. The average Bonchev–Trinajstić information content (AvgIpc) is 2.73. The highest BCUT2D eigenvalue weighted by molar-refractivity contribution is 5.91. The molecule has 6 heteroatoms. The molecular weight excluding hydrogens is 338 g/mol. The number of fused-ring (bicyclic) bond motifs is 1. The predicted octanol–water partition coefficient (Wildman–Crippen LogP) is 2.70. The minimum atomic E-state index is -0.501. The molecule has 6 nitrogen and oxygen atoms in total. The highest BCUT2D eigenvalue weighted by Crippen LogP contribution is 2.29.